The van der Waals surface area contributed by atoms with Crippen LogP contribution in [0.15, 0.2) is 24.3 Å². The maximum absolute atomic E-state index is 13.1. The van der Waals surface area contributed by atoms with Gasteiger partial charge in [0.05, 0.1) is 25.4 Å². The predicted molar refractivity (Wildman–Crippen MR) is 117 cm³/mol. The highest BCUT2D eigenvalue weighted by atomic mass is 19.4. The van der Waals surface area contributed by atoms with Gasteiger partial charge in [0.1, 0.15) is 11.7 Å². The Morgan fingerprint density at radius 1 is 1.27 bits per heavy atom. The molecule has 1 saturated heterocycles. The number of nitrogens with one attached hydrogen (secondary N) is 2. The Kier molecular flexibility index (Phi) is 7.76. The number of nitrogens with zero attached hydrogens (tertiary/aromatic N) is 3. The summed E-state index contributed by atoms with van der Waals surface area (Å²) in [6.07, 6.45) is -4.53. The maximum atomic E-state index is 13.1. The maximum Gasteiger partial charge on any atom is 0.416 e. The van der Waals surface area contributed by atoms with Crippen molar-refractivity contribution >= 4 is 29.0 Å². The quantitative estimate of drug-likeness (QED) is 0.455. The van der Waals surface area contributed by atoms with E-state index in [-0.39, 0.29) is 42.2 Å². The average molecular weight is 469 g/mol. The van der Waals surface area contributed by atoms with Crippen molar-refractivity contribution in [3.63, 3.8) is 0 Å². The third-order valence-electron chi connectivity index (χ3n) is 4.84. The molecule has 2 heterocycles. The highest BCUT2D eigenvalue weighted by Gasteiger charge is 2.31. The number of aromatic nitrogens is 2. The van der Waals surface area contributed by atoms with Gasteiger partial charge in [-0.25, -0.2) is 0 Å². The molecule has 1 aliphatic rings. The minimum absolute atomic E-state index is 0.00813. The number of ether oxygens (including phenoxy) is 2. The number of halogens is 3. The zero-order valence-corrected chi connectivity index (χ0v) is 18.0. The number of alkyl halides is 3. The molecular formula is C20H26F3N7O3. The minimum atomic E-state index is -4.53. The zero-order valence-electron chi connectivity index (χ0n) is 18.0. The lowest BCUT2D eigenvalue weighted by Gasteiger charge is -2.30. The third-order valence-corrected chi connectivity index (χ3v) is 4.84. The minimum Gasteiger partial charge on any atom is -0.476 e. The lowest BCUT2D eigenvalue weighted by Crippen LogP contribution is -2.48. The lowest BCUT2D eigenvalue weighted by atomic mass is 10.1. The molecule has 10 nitrogen and oxygen atoms in total. The van der Waals surface area contributed by atoms with Gasteiger partial charge in [-0.05, 0) is 25.1 Å². The second-order valence-corrected chi connectivity index (χ2v) is 7.26. The Labute approximate surface area is 188 Å². The van der Waals surface area contributed by atoms with Gasteiger partial charge in [0, 0.05) is 25.3 Å². The Bertz CT molecular complexity index is 968. The van der Waals surface area contributed by atoms with Crippen LogP contribution >= 0.6 is 0 Å². The fraction of sp³-hybridized carbons (Fsp3) is 0.450. The molecule has 0 aliphatic carbocycles. The molecule has 1 atom stereocenters. The molecule has 1 aromatic carbocycles. The fourth-order valence-corrected chi connectivity index (χ4v) is 3.23. The van der Waals surface area contributed by atoms with Crippen molar-refractivity contribution in [3.8, 4) is 5.88 Å². The molecule has 6 N–H and O–H groups in total. The number of benzene rings is 1. The van der Waals surface area contributed by atoms with Gasteiger partial charge >= 0.3 is 6.18 Å². The van der Waals surface area contributed by atoms with Crippen molar-refractivity contribution in [3.05, 3.63) is 29.8 Å². The fourth-order valence-electron chi connectivity index (χ4n) is 3.23. The highest BCUT2D eigenvalue weighted by Crippen LogP contribution is 2.31. The van der Waals surface area contributed by atoms with Gasteiger partial charge in [0.15, 0.2) is 5.82 Å². The SMILES string of the molecule is CCOc1nc(N)nc(N[C@@H](CN2CCOCC2)C(=O)Nc2cccc(C(F)(F)F)c2)c1N. The van der Waals surface area contributed by atoms with Gasteiger partial charge in [0.25, 0.3) is 0 Å². The number of hydrogen-bond donors (Lipinski definition) is 4. The molecule has 33 heavy (non-hydrogen) atoms. The summed E-state index contributed by atoms with van der Waals surface area (Å²) in [5.74, 6) is -0.534. The number of rotatable bonds is 8. The molecule has 1 aliphatic heterocycles. The van der Waals surface area contributed by atoms with Crippen LogP contribution in [-0.4, -0.2) is 66.3 Å². The molecule has 3 rings (SSSR count). The van der Waals surface area contributed by atoms with Gasteiger partial charge in [-0.1, -0.05) is 6.07 Å². The normalized spacial score (nSPS) is 15.6. The van der Waals surface area contributed by atoms with E-state index in [1.165, 1.54) is 12.1 Å². The first-order valence-corrected chi connectivity index (χ1v) is 10.3. The number of amides is 1. The highest BCUT2D eigenvalue weighted by molar-refractivity contribution is 5.97. The van der Waals surface area contributed by atoms with Crippen molar-refractivity contribution < 1.29 is 27.4 Å². The molecule has 180 valence electrons. The van der Waals surface area contributed by atoms with Crippen LogP contribution in [0.25, 0.3) is 0 Å². The van der Waals surface area contributed by atoms with Crippen molar-refractivity contribution in [2.45, 2.75) is 19.1 Å². The molecule has 0 saturated carbocycles. The number of carbonyl (C=O) groups excluding carboxylic acids is 1. The van der Waals surface area contributed by atoms with Crippen LogP contribution in [0, 0.1) is 0 Å². The Morgan fingerprint density at radius 2 is 2.00 bits per heavy atom. The van der Waals surface area contributed by atoms with E-state index in [2.05, 4.69) is 20.6 Å². The largest absolute Gasteiger partial charge is 0.476 e. The smallest absolute Gasteiger partial charge is 0.416 e. The van der Waals surface area contributed by atoms with E-state index in [1.807, 2.05) is 4.90 Å². The molecular weight excluding hydrogens is 443 g/mol. The molecule has 1 aromatic heterocycles. The van der Waals surface area contributed by atoms with Crippen LogP contribution < -0.4 is 26.8 Å². The number of nitrogen functional groups attached to an aromatic ring is 2. The molecule has 0 radical (unpaired) electrons. The molecule has 2 aromatic rings. The number of nitrogens with two attached hydrogens (primary N) is 2. The molecule has 0 spiro atoms. The number of morpholine rings is 1. The lowest BCUT2D eigenvalue weighted by molar-refractivity contribution is -0.137. The van der Waals surface area contributed by atoms with Crippen LogP contribution in [0.2, 0.25) is 0 Å². The topological polar surface area (TPSA) is 141 Å². The zero-order chi connectivity index (χ0) is 24.0. The van der Waals surface area contributed by atoms with Crippen molar-refractivity contribution in [1.82, 2.24) is 14.9 Å². The second kappa shape index (κ2) is 10.5. The average Bonchev–Trinajstić information content (AvgIpc) is 2.77. The van der Waals surface area contributed by atoms with Gasteiger partial charge in [0.2, 0.25) is 17.7 Å². The summed E-state index contributed by atoms with van der Waals surface area (Å²) < 4.78 is 49.8. The first kappa shape index (κ1) is 24.3. The van der Waals surface area contributed by atoms with Crippen molar-refractivity contribution in [2.24, 2.45) is 0 Å². The molecule has 1 fully saturated rings. The molecule has 13 heteroatoms. The van der Waals surface area contributed by atoms with Gasteiger partial charge in [-0.3, -0.25) is 9.69 Å². The van der Waals surface area contributed by atoms with Gasteiger partial charge < -0.3 is 31.6 Å². The number of hydrogen-bond acceptors (Lipinski definition) is 9. The summed E-state index contributed by atoms with van der Waals surface area (Å²) in [5, 5.41) is 5.48. The number of carbonyl (C=O) groups is 1. The molecule has 0 bridgehead atoms. The summed E-state index contributed by atoms with van der Waals surface area (Å²) >= 11 is 0. The van der Waals surface area contributed by atoms with Crippen molar-refractivity contribution in [2.75, 3.05) is 61.6 Å². The standard InChI is InChI=1S/C20H26F3N7O3/c1-2-33-18-15(24)16(28-19(25)29-18)27-14(11-30-6-8-32-9-7-30)17(31)26-13-5-3-4-12(10-13)20(21,22)23/h3-5,10,14H,2,6-9,11,24H2,1H3,(H,26,31)(H3,25,27,28,29)/t14-/m0/s1. The van der Waals surface area contributed by atoms with E-state index in [0.29, 0.717) is 26.3 Å². The first-order chi connectivity index (χ1) is 15.7. The number of anilines is 4. The molecule has 1 amide bonds. The van der Waals surface area contributed by atoms with E-state index in [9.17, 15) is 18.0 Å². The summed E-state index contributed by atoms with van der Waals surface area (Å²) in [6.45, 7) is 4.42. The van der Waals surface area contributed by atoms with E-state index >= 15 is 0 Å². The van der Waals surface area contributed by atoms with Crippen LogP contribution in [0.1, 0.15) is 12.5 Å². The van der Waals surface area contributed by atoms with Gasteiger partial charge in [-0.2, -0.15) is 23.1 Å². The van der Waals surface area contributed by atoms with E-state index in [0.717, 1.165) is 12.1 Å². The van der Waals surface area contributed by atoms with Crippen LogP contribution in [0.5, 0.6) is 5.88 Å². The summed E-state index contributed by atoms with van der Waals surface area (Å²) in [5.41, 5.74) is 11.0. The summed E-state index contributed by atoms with van der Waals surface area (Å²) in [7, 11) is 0. The van der Waals surface area contributed by atoms with E-state index < -0.39 is 23.7 Å². The Morgan fingerprint density at radius 3 is 2.67 bits per heavy atom. The summed E-state index contributed by atoms with van der Waals surface area (Å²) in [6, 6.07) is 3.47. The second-order valence-electron chi connectivity index (χ2n) is 7.26. The van der Waals surface area contributed by atoms with Crippen molar-refractivity contribution in [1.29, 1.82) is 0 Å². The van der Waals surface area contributed by atoms with E-state index in [1.54, 1.807) is 6.92 Å². The Balaban J connectivity index is 1.84. The predicted octanol–water partition coefficient (Wildman–Crippen LogP) is 1.81. The van der Waals surface area contributed by atoms with Gasteiger partial charge in [-0.15, -0.1) is 0 Å². The van der Waals surface area contributed by atoms with Crippen LogP contribution in [0.3, 0.4) is 0 Å². The third kappa shape index (κ3) is 6.58. The van der Waals surface area contributed by atoms with Crippen LogP contribution in [-0.2, 0) is 15.7 Å². The van der Waals surface area contributed by atoms with E-state index in [4.69, 9.17) is 20.9 Å². The Hall–Kier alpha value is -3.32. The molecule has 0 unspecified atom stereocenters. The summed E-state index contributed by atoms with van der Waals surface area (Å²) in [4.78, 5) is 23.1. The first-order valence-electron chi connectivity index (χ1n) is 10.3. The van der Waals surface area contributed by atoms with Crippen LogP contribution in [0.4, 0.5) is 36.3 Å². The monoisotopic (exact) mass is 469 g/mol.